The zero-order chi connectivity index (χ0) is 23.7. The maximum Gasteiger partial charge on any atom is 0.418 e. The Hall–Kier alpha value is -3.42. The molecule has 7 nitrogen and oxygen atoms in total. The minimum absolute atomic E-state index is 0.0140. The van der Waals surface area contributed by atoms with E-state index in [1.807, 2.05) is 5.32 Å². The van der Waals surface area contributed by atoms with Crippen LogP contribution in [-0.4, -0.2) is 28.0 Å². The van der Waals surface area contributed by atoms with Crippen LogP contribution in [0.25, 0.3) is 10.6 Å². The molecule has 0 aliphatic rings. The maximum atomic E-state index is 13.2. The van der Waals surface area contributed by atoms with Gasteiger partial charge in [0.25, 0.3) is 0 Å². The minimum atomic E-state index is -4.98. The average Bonchev–Trinajstić information content (AvgIpc) is 3.06. The Morgan fingerprint density at radius 1 is 1.00 bits per heavy atom. The first-order chi connectivity index (χ1) is 14.9. The van der Waals surface area contributed by atoms with Gasteiger partial charge in [-0.1, -0.05) is 11.3 Å². The van der Waals surface area contributed by atoms with Gasteiger partial charge in [0.05, 0.1) is 33.1 Å². The van der Waals surface area contributed by atoms with Crippen LogP contribution in [0.2, 0.25) is 0 Å². The van der Waals surface area contributed by atoms with E-state index >= 15 is 0 Å². The molecule has 0 fully saturated rings. The monoisotopic (exact) mass is 476 g/mol. The second-order valence-electron chi connectivity index (χ2n) is 6.28. The standard InChI is InChI=1S/C18H14F6N6OS/c1-8-13(11-5-6-26-14(25-2)28-11)32-16(27-8)30-15(31)29-12-7-9(17(19,20)21)3-4-10(12)18(22,23)24/h3-7H,1-2H3,(H,25,26,28)(H2,27,29,30,31). The van der Waals surface area contributed by atoms with Crippen molar-refractivity contribution >= 4 is 34.1 Å². The number of benzene rings is 1. The third kappa shape index (κ3) is 5.25. The van der Waals surface area contributed by atoms with E-state index in [0.29, 0.717) is 28.3 Å². The number of nitrogens with zero attached hydrogens (tertiary/aromatic N) is 3. The van der Waals surface area contributed by atoms with Crippen LogP contribution in [0.5, 0.6) is 0 Å². The predicted octanol–water partition coefficient (Wildman–Crippen LogP) is 5.63. The Morgan fingerprint density at radius 2 is 1.72 bits per heavy atom. The zero-order valence-electron chi connectivity index (χ0n) is 16.3. The fourth-order valence-electron chi connectivity index (χ4n) is 2.62. The van der Waals surface area contributed by atoms with Crippen molar-refractivity contribution in [1.29, 1.82) is 0 Å². The summed E-state index contributed by atoms with van der Waals surface area (Å²) < 4.78 is 78.3. The van der Waals surface area contributed by atoms with Crippen molar-refractivity contribution < 1.29 is 31.1 Å². The van der Waals surface area contributed by atoms with Gasteiger partial charge in [0.15, 0.2) is 5.13 Å². The summed E-state index contributed by atoms with van der Waals surface area (Å²) in [7, 11) is 1.62. The molecule has 0 atom stereocenters. The largest absolute Gasteiger partial charge is 0.418 e. The number of amides is 2. The molecule has 3 rings (SSSR count). The minimum Gasteiger partial charge on any atom is -0.357 e. The number of halogens is 6. The number of thiazole rings is 1. The van der Waals surface area contributed by atoms with Crippen LogP contribution in [0, 0.1) is 6.92 Å². The highest BCUT2D eigenvalue weighted by molar-refractivity contribution is 7.19. The first kappa shape index (κ1) is 23.2. The highest BCUT2D eigenvalue weighted by Gasteiger charge is 2.37. The fraction of sp³-hybridized carbons (Fsp3) is 0.222. The normalized spacial score (nSPS) is 11.9. The molecular weight excluding hydrogens is 462 g/mol. The van der Waals surface area contributed by atoms with Crippen molar-refractivity contribution in [2.75, 3.05) is 23.0 Å². The molecule has 2 heterocycles. The predicted molar refractivity (Wildman–Crippen MR) is 107 cm³/mol. The van der Waals surface area contributed by atoms with Crippen molar-refractivity contribution in [3.63, 3.8) is 0 Å². The van der Waals surface area contributed by atoms with Gasteiger partial charge in [-0.05, 0) is 31.2 Å². The highest BCUT2D eigenvalue weighted by Crippen LogP contribution is 2.39. The summed E-state index contributed by atoms with van der Waals surface area (Å²) in [6.07, 6.45) is -8.36. The zero-order valence-corrected chi connectivity index (χ0v) is 17.1. The van der Waals surface area contributed by atoms with E-state index in [1.54, 1.807) is 20.0 Å². The lowest BCUT2D eigenvalue weighted by Gasteiger charge is -2.16. The average molecular weight is 476 g/mol. The molecule has 3 N–H and O–H groups in total. The van der Waals surface area contributed by atoms with Gasteiger partial charge in [-0.15, -0.1) is 0 Å². The van der Waals surface area contributed by atoms with E-state index in [2.05, 4.69) is 25.6 Å². The van der Waals surface area contributed by atoms with E-state index < -0.39 is 35.2 Å². The first-order valence-corrected chi connectivity index (χ1v) is 9.55. The van der Waals surface area contributed by atoms with Crippen molar-refractivity contribution in [2.45, 2.75) is 19.3 Å². The van der Waals surface area contributed by atoms with Gasteiger partial charge < -0.3 is 10.6 Å². The number of nitrogens with one attached hydrogen (secondary N) is 3. The number of carbonyl (C=O) groups excluding carboxylic acids is 1. The quantitative estimate of drug-likeness (QED) is 0.425. The van der Waals surface area contributed by atoms with E-state index in [-0.39, 0.29) is 17.3 Å². The van der Waals surface area contributed by atoms with Crippen LogP contribution < -0.4 is 16.0 Å². The topological polar surface area (TPSA) is 91.8 Å². The summed E-state index contributed by atoms with van der Waals surface area (Å²) >= 11 is 0.984. The van der Waals surface area contributed by atoms with Crippen LogP contribution in [-0.2, 0) is 12.4 Å². The maximum absolute atomic E-state index is 13.2. The second kappa shape index (κ2) is 8.61. The number of aromatic nitrogens is 3. The van der Waals surface area contributed by atoms with Gasteiger partial charge in [-0.3, -0.25) is 5.32 Å². The molecule has 0 bridgehead atoms. The molecule has 0 saturated heterocycles. The fourth-order valence-corrected chi connectivity index (χ4v) is 3.55. The number of hydrogen-bond acceptors (Lipinski definition) is 6. The number of rotatable bonds is 4. The lowest BCUT2D eigenvalue weighted by atomic mass is 10.1. The summed E-state index contributed by atoms with van der Waals surface area (Å²) in [5.74, 6) is 0.340. The van der Waals surface area contributed by atoms with Crippen molar-refractivity contribution in [2.24, 2.45) is 0 Å². The third-order valence-electron chi connectivity index (χ3n) is 4.03. The molecule has 0 radical (unpaired) electrons. The van der Waals surface area contributed by atoms with Crippen LogP contribution in [0.4, 0.5) is 47.9 Å². The third-order valence-corrected chi connectivity index (χ3v) is 5.12. The number of carbonyl (C=O) groups is 1. The van der Waals surface area contributed by atoms with Gasteiger partial charge in [0, 0.05) is 13.2 Å². The molecule has 0 aliphatic heterocycles. The molecular formula is C18H14F6N6OS. The summed E-state index contributed by atoms with van der Waals surface area (Å²) in [5, 5.41) is 6.84. The summed E-state index contributed by atoms with van der Waals surface area (Å²) in [4.78, 5) is 25.1. The summed E-state index contributed by atoms with van der Waals surface area (Å²) in [6.45, 7) is 1.63. The molecule has 2 amide bonds. The number of urea groups is 1. The van der Waals surface area contributed by atoms with E-state index in [4.69, 9.17) is 0 Å². The van der Waals surface area contributed by atoms with Crippen LogP contribution in [0.1, 0.15) is 16.8 Å². The summed E-state index contributed by atoms with van der Waals surface area (Å²) in [5.41, 5.74) is -2.83. The Morgan fingerprint density at radius 3 is 2.34 bits per heavy atom. The number of aryl methyl sites for hydroxylation is 1. The van der Waals surface area contributed by atoms with Gasteiger partial charge in [0.1, 0.15) is 0 Å². The van der Waals surface area contributed by atoms with E-state index in [0.717, 1.165) is 11.3 Å². The first-order valence-electron chi connectivity index (χ1n) is 8.73. The van der Waals surface area contributed by atoms with Gasteiger partial charge in [-0.25, -0.2) is 19.7 Å². The molecule has 2 aromatic heterocycles. The molecule has 0 saturated carbocycles. The molecule has 0 unspecified atom stereocenters. The molecule has 0 spiro atoms. The molecule has 14 heteroatoms. The van der Waals surface area contributed by atoms with Gasteiger partial charge in [-0.2, -0.15) is 26.3 Å². The Balaban J connectivity index is 1.85. The van der Waals surface area contributed by atoms with Gasteiger partial charge in [0.2, 0.25) is 5.95 Å². The molecule has 0 aliphatic carbocycles. The lowest BCUT2D eigenvalue weighted by molar-refractivity contribution is -0.140. The van der Waals surface area contributed by atoms with Crippen molar-refractivity contribution in [3.8, 4) is 10.6 Å². The van der Waals surface area contributed by atoms with Gasteiger partial charge >= 0.3 is 18.4 Å². The number of alkyl halides is 6. The van der Waals surface area contributed by atoms with E-state index in [9.17, 15) is 31.1 Å². The molecule has 1 aromatic carbocycles. The smallest absolute Gasteiger partial charge is 0.357 e. The van der Waals surface area contributed by atoms with Crippen LogP contribution in [0.15, 0.2) is 30.5 Å². The molecule has 32 heavy (non-hydrogen) atoms. The summed E-state index contributed by atoms with van der Waals surface area (Å²) in [6, 6.07) is 1.20. The van der Waals surface area contributed by atoms with Crippen molar-refractivity contribution in [1.82, 2.24) is 15.0 Å². The molecule has 170 valence electrons. The Bertz CT molecular complexity index is 1140. The van der Waals surface area contributed by atoms with E-state index in [1.165, 1.54) is 6.20 Å². The van der Waals surface area contributed by atoms with Crippen LogP contribution in [0.3, 0.4) is 0 Å². The lowest BCUT2D eigenvalue weighted by Crippen LogP contribution is -2.22. The Labute approximate surface area is 180 Å². The van der Waals surface area contributed by atoms with Crippen LogP contribution >= 0.6 is 11.3 Å². The number of anilines is 3. The Kier molecular flexibility index (Phi) is 6.25. The molecule has 3 aromatic rings. The van der Waals surface area contributed by atoms with Crippen molar-refractivity contribution in [3.05, 3.63) is 47.3 Å². The SMILES string of the molecule is CNc1nccc(-c2sc(NC(=O)Nc3cc(C(F)(F)F)ccc3C(F)(F)F)nc2C)n1. The number of hydrogen-bond donors (Lipinski definition) is 3. The second-order valence-corrected chi connectivity index (χ2v) is 7.28. The highest BCUT2D eigenvalue weighted by atomic mass is 32.1.